The fourth-order valence-corrected chi connectivity index (χ4v) is 3.26. The molecule has 0 spiro atoms. The van der Waals surface area contributed by atoms with Crippen molar-refractivity contribution in [3.05, 3.63) is 54.6 Å². The van der Waals surface area contributed by atoms with Crippen molar-refractivity contribution >= 4 is 38.0 Å². The van der Waals surface area contributed by atoms with Crippen molar-refractivity contribution in [1.82, 2.24) is 0 Å². The smallest absolute Gasteiger partial charge is 0.294 e. The molecule has 3 aromatic rings. The molecule has 0 amide bonds. The minimum atomic E-state index is -4.35. The van der Waals surface area contributed by atoms with Crippen LogP contribution >= 0.6 is 0 Å². The fourth-order valence-electron chi connectivity index (χ4n) is 2.76. The van der Waals surface area contributed by atoms with E-state index in [1.54, 1.807) is 0 Å². The van der Waals surface area contributed by atoms with Crippen LogP contribution in [0, 0.1) is 0 Å². The fraction of sp³-hybridized carbons (Fsp3) is 0.158. The Kier molecular flexibility index (Phi) is 5.11. The maximum Gasteiger partial charge on any atom is 0.294 e. The first-order chi connectivity index (χ1) is 12.8. The first-order valence-electron chi connectivity index (χ1n) is 8.07. The van der Waals surface area contributed by atoms with Crippen LogP contribution in [0.2, 0.25) is 0 Å². The number of anilines is 1. The highest BCUT2D eigenvalue weighted by Gasteiger charge is 2.13. The monoisotopic (exact) mass is 385 g/mol. The summed E-state index contributed by atoms with van der Waals surface area (Å²) < 4.78 is 37.2. The molecule has 0 saturated heterocycles. The number of benzene rings is 3. The van der Waals surface area contributed by atoms with Crippen LogP contribution in [-0.2, 0) is 10.1 Å². The molecule has 140 valence electrons. The Balaban J connectivity index is 2.11. The highest BCUT2D eigenvalue weighted by molar-refractivity contribution is 7.85. The summed E-state index contributed by atoms with van der Waals surface area (Å²) in [5.74, 6) is 0.348. The van der Waals surface area contributed by atoms with Crippen LogP contribution in [0.25, 0.3) is 10.8 Å². The van der Waals surface area contributed by atoms with Crippen LogP contribution in [0.3, 0.4) is 0 Å². The van der Waals surface area contributed by atoms with Gasteiger partial charge in [0.2, 0.25) is 0 Å². The van der Waals surface area contributed by atoms with Gasteiger partial charge in [-0.3, -0.25) is 4.55 Å². The topological polar surface area (TPSA) is 91.6 Å². The van der Waals surface area contributed by atoms with Gasteiger partial charge in [0.25, 0.3) is 10.1 Å². The van der Waals surface area contributed by atoms with E-state index in [0.29, 0.717) is 11.4 Å². The molecule has 0 atom stereocenters. The quantitative estimate of drug-likeness (QED) is 0.513. The molecule has 3 rings (SSSR count). The van der Waals surface area contributed by atoms with E-state index in [-0.39, 0.29) is 10.6 Å². The Morgan fingerprint density at radius 2 is 1.59 bits per heavy atom. The molecule has 0 unspecified atom stereocenters. The van der Waals surface area contributed by atoms with Gasteiger partial charge in [0.15, 0.2) is 0 Å². The summed E-state index contributed by atoms with van der Waals surface area (Å²) in [6, 6.07) is 15.5. The third kappa shape index (κ3) is 3.91. The Morgan fingerprint density at radius 3 is 2.22 bits per heavy atom. The molecule has 0 aromatic heterocycles. The molecule has 3 aromatic carbocycles. The molecule has 27 heavy (non-hydrogen) atoms. The van der Waals surface area contributed by atoms with E-state index in [0.717, 1.165) is 16.5 Å². The lowest BCUT2D eigenvalue weighted by Crippen LogP contribution is -2.08. The normalized spacial score (nSPS) is 11.9. The molecule has 0 fully saturated rings. The number of fused-ring (bicyclic) bond motifs is 1. The summed E-state index contributed by atoms with van der Waals surface area (Å²) >= 11 is 0. The lowest BCUT2D eigenvalue weighted by Gasteiger charge is -2.16. The summed E-state index contributed by atoms with van der Waals surface area (Å²) in [4.78, 5) is 1.74. The van der Waals surface area contributed by atoms with Gasteiger partial charge >= 0.3 is 0 Å². The standard InChI is InChI=1S/C19H19N3O4S/c1-22(2)18-10-9-16(14-6-4-5-7-15(14)18)20-21-17-12-13(27(23,24)25)8-11-19(17)26-3/h4-12H,1-3H3,(H,23,24,25)/b21-20+. The zero-order valence-corrected chi connectivity index (χ0v) is 15.9. The van der Waals surface area contributed by atoms with Crippen molar-refractivity contribution in [2.45, 2.75) is 4.90 Å². The first-order valence-corrected chi connectivity index (χ1v) is 9.51. The number of hydrogen-bond donors (Lipinski definition) is 1. The molecule has 7 nitrogen and oxygen atoms in total. The van der Waals surface area contributed by atoms with Gasteiger partial charge in [-0.25, -0.2) is 0 Å². The van der Waals surface area contributed by atoms with Crippen LogP contribution in [0.15, 0.2) is 69.7 Å². The van der Waals surface area contributed by atoms with E-state index in [1.165, 1.54) is 25.3 Å². The molecule has 0 aliphatic carbocycles. The molecule has 0 aliphatic heterocycles. The molecule has 1 N–H and O–H groups in total. The lowest BCUT2D eigenvalue weighted by molar-refractivity contribution is 0.415. The second kappa shape index (κ2) is 7.34. The van der Waals surface area contributed by atoms with Gasteiger partial charge in [-0.05, 0) is 30.3 Å². The molecular formula is C19H19N3O4S. The van der Waals surface area contributed by atoms with Gasteiger partial charge in [0.05, 0.1) is 17.7 Å². The second-order valence-electron chi connectivity index (χ2n) is 6.05. The van der Waals surface area contributed by atoms with E-state index in [1.807, 2.05) is 55.4 Å². The second-order valence-corrected chi connectivity index (χ2v) is 7.47. The Bertz CT molecular complexity index is 1130. The summed E-state index contributed by atoms with van der Waals surface area (Å²) in [7, 11) is 1.04. The molecule has 0 saturated carbocycles. The zero-order chi connectivity index (χ0) is 19.6. The van der Waals surface area contributed by atoms with Crippen LogP contribution in [0.1, 0.15) is 0 Å². The number of nitrogens with zero attached hydrogens (tertiary/aromatic N) is 3. The lowest BCUT2D eigenvalue weighted by atomic mass is 10.1. The van der Waals surface area contributed by atoms with Crippen LogP contribution in [0.4, 0.5) is 17.1 Å². The highest BCUT2D eigenvalue weighted by Crippen LogP contribution is 2.36. The van der Waals surface area contributed by atoms with Crippen molar-refractivity contribution in [1.29, 1.82) is 0 Å². The van der Waals surface area contributed by atoms with Gasteiger partial charge in [-0.2, -0.15) is 8.42 Å². The SMILES string of the molecule is COc1ccc(S(=O)(=O)O)cc1/N=N/c1ccc(N(C)C)c2ccccc12. The van der Waals surface area contributed by atoms with E-state index < -0.39 is 10.1 Å². The van der Waals surface area contributed by atoms with Crippen molar-refractivity contribution in [2.24, 2.45) is 10.2 Å². The van der Waals surface area contributed by atoms with Crippen LogP contribution in [0.5, 0.6) is 5.75 Å². The van der Waals surface area contributed by atoms with Crippen molar-refractivity contribution < 1.29 is 17.7 Å². The van der Waals surface area contributed by atoms with Gasteiger partial charge in [0, 0.05) is 30.6 Å². The first kappa shape index (κ1) is 18.8. The van der Waals surface area contributed by atoms with Gasteiger partial charge in [-0.15, -0.1) is 10.2 Å². The third-order valence-electron chi connectivity index (χ3n) is 4.07. The molecule has 0 bridgehead atoms. The average molecular weight is 385 g/mol. The van der Waals surface area contributed by atoms with Crippen molar-refractivity contribution in [3.8, 4) is 5.75 Å². The summed E-state index contributed by atoms with van der Waals surface area (Å²) in [5, 5.41) is 10.4. The third-order valence-corrected chi connectivity index (χ3v) is 4.92. The van der Waals surface area contributed by atoms with Crippen LogP contribution in [-0.4, -0.2) is 34.2 Å². The largest absolute Gasteiger partial charge is 0.494 e. The molecule has 0 heterocycles. The summed E-state index contributed by atoms with van der Waals surface area (Å²) in [5.41, 5.74) is 1.89. The van der Waals surface area contributed by atoms with Crippen molar-refractivity contribution in [2.75, 3.05) is 26.1 Å². The average Bonchev–Trinajstić information content (AvgIpc) is 2.64. The van der Waals surface area contributed by atoms with Gasteiger partial charge in [-0.1, -0.05) is 24.3 Å². The van der Waals surface area contributed by atoms with Crippen molar-refractivity contribution in [3.63, 3.8) is 0 Å². The Hall–Kier alpha value is -2.97. The van der Waals surface area contributed by atoms with E-state index in [4.69, 9.17) is 4.74 Å². The Morgan fingerprint density at radius 1 is 0.926 bits per heavy atom. The molecule has 8 heteroatoms. The minimum Gasteiger partial charge on any atom is -0.494 e. The van der Waals surface area contributed by atoms with E-state index in [9.17, 15) is 13.0 Å². The zero-order valence-electron chi connectivity index (χ0n) is 15.1. The molecule has 0 radical (unpaired) electrons. The molecule has 0 aliphatic rings. The number of methoxy groups -OCH3 is 1. The number of azo groups is 1. The maximum absolute atomic E-state index is 11.4. The van der Waals surface area contributed by atoms with Crippen LogP contribution < -0.4 is 9.64 Å². The molecular weight excluding hydrogens is 366 g/mol. The van der Waals surface area contributed by atoms with E-state index >= 15 is 0 Å². The number of rotatable bonds is 5. The van der Waals surface area contributed by atoms with Gasteiger partial charge < -0.3 is 9.64 Å². The highest BCUT2D eigenvalue weighted by atomic mass is 32.2. The number of ether oxygens (including phenoxy) is 1. The van der Waals surface area contributed by atoms with E-state index in [2.05, 4.69) is 10.2 Å². The summed E-state index contributed by atoms with van der Waals surface area (Å²) in [6.07, 6.45) is 0. The minimum absolute atomic E-state index is 0.202. The predicted molar refractivity (Wildman–Crippen MR) is 105 cm³/mol. The summed E-state index contributed by atoms with van der Waals surface area (Å²) in [6.45, 7) is 0. The number of hydrogen-bond acceptors (Lipinski definition) is 6. The predicted octanol–water partition coefficient (Wildman–Crippen LogP) is 4.58. The maximum atomic E-state index is 11.4. The van der Waals surface area contributed by atoms with Gasteiger partial charge in [0.1, 0.15) is 11.4 Å². The Labute approximate surface area is 157 Å².